The van der Waals surface area contributed by atoms with E-state index in [1.165, 1.54) is 21.9 Å². The van der Waals surface area contributed by atoms with Gasteiger partial charge in [-0.3, -0.25) is 0 Å². The molecular weight excluding hydrogens is 260 g/mol. The van der Waals surface area contributed by atoms with Gasteiger partial charge in [-0.1, -0.05) is 66.7 Å². The minimum Gasteiger partial charge on any atom is -0.147 e. The lowest BCUT2D eigenvalue weighted by Gasteiger charge is -2.24. The normalized spacial score (nSPS) is 26.3. The maximum atomic E-state index is 2.33. The van der Waals surface area contributed by atoms with Crippen LogP contribution in [0.5, 0.6) is 0 Å². The van der Waals surface area contributed by atoms with E-state index >= 15 is 0 Å². The monoisotopic (exact) mass is 274 g/mol. The molecule has 0 amide bonds. The molecule has 0 radical (unpaired) electrons. The fraction of sp³-hybridized carbons (Fsp3) is 0.158. The Morgan fingerprint density at radius 2 is 1.45 bits per heavy atom. The number of fused-ring (bicyclic) bond motifs is 2. The smallest absolute Gasteiger partial charge is 0.0435 e. The van der Waals surface area contributed by atoms with Crippen LogP contribution in [-0.2, 0) is 0 Å². The van der Waals surface area contributed by atoms with Crippen molar-refractivity contribution in [3.63, 3.8) is 0 Å². The van der Waals surface area contributed by atoms with Crippen molar-refractivity contribution in [2.75, 3.05) is 0 Å². The third-order valence-corrected chi connectivity index (χ3v) is 6.01. The Labute approximate surface area is 122 Å². The lowest BCUT2D eigenvalue weighted by atomic mass is 9.78. The van der Waals surface area contributed by atoms with Crippen molar-refractivity contribution in [1.29, 1.82) is 0 Å². The molecule has 0 nitrogen and oxygen atoms in total. The molecule has 5 rings (SSSR count). The summed E-state index contributed by atoms with van der Waals surface area (Å²) < 4.78 is 0. The second-order valence-electron chi connectivity index (χ2n) is 5.70. The number of hydrogen-bond acceptors (Lipinski definition) is 1. The fourth-order valence-corrected chi connectivity index (χ4v) is 5.09. The van der Waals surface area contributed by atoms with Gasteiger partial charge in [-0.05, 0) is 27.5 Å². The maximum absolute atomic E-state index is 2.33. The first-order valence-electron chi connectivity index (χ1n) is 7.15. The van der Waals surface area contributed by atoms with Crippen LogP contribution >= 0.6 is 11.8 Å². The third-order valence-electron chi connectivity index (χ3n) is 4.62. The first-order chi connectivity index (χ1) is 9.93. The van der Waals surface area contributed by atoms with Crippen molar-refractivity contribution in [2.45, 2.75) is 16.4 Å². The summed E-state index contributed by atoms with van der Waals surface area (Å²) >= 11 is 2.13. The van der Waals surface area contributed by atoms with Crippen molar-refractivity contribution in [3.05, 3.63) is 83.4 Å². The van der Waals surface area contributed by atoms with Crippen LogP contribution in [0, 0.1) is 0 Å². The topological polar surface area (TPSA) is 0 Å². The minimum absolute atomic E-state index is 0.560. The summed E-state index contributed by atoms with van der Waals surface area (Å²) in [4.78, 5) is 0. The predicted molar refractivity (Wildman–Crippen MR) is 86.4 cm³/mol. The van der Waals surface area contributed by atoms with E-state index in [1.54, 1.807) is 5.56 Å². The van der Waals surface area contributed by atoms with Gasteiger partial charge in [0.1, 0.15) is 0 Å². The highest BCUT2D eigenvalue weighted by Gasteiger charge is 2.50. The zero-order valence-corrected chi connectivity index (χ0v) is 11.8. The fourth-order valence-electron chi connectivity index (χ4n) is 3.73. The molecule has 20 heavy (non-hydrogen) atoms. The van der Waals surface area contributed by atoms with E-state index in [2.05, 4.69) is 78.5 Å². The molecular formula is C19H14S. The van der Waals surface area contributed by atoms with Gasteiger partial charge in [0.25, 0.3) is 0 Å². The SMILES string of the molecule is c1ccc(C2c3cccc4cccc(c34)C3SC32)cc1. The Morgan fingerprint density at radius 3 is 2.25 bits per heavy atom. The summed E-state index contributed by atoms with van der Waals surface area (Å²) in [6, 6.07) is 24.6. The standard InChI is InChI=1S/C19H14S/c1-2-6-13(7-3-1)17-14-10-4-8-12-9-5-11-15(16(12)14)18-19(17)20-18/h1-11,17-19H. The molecule has 1 heteroatoms. The molecule has 0 bridgehead atoms. The summed E-state index contributed by atoms with van der Waals surface area (Å²) in [7, 11) is 0. The van der Waals surface area contributed by atoms with E-state index in [0.29, 0.717) is 11.2 Å². The molecule has 96 valence electrons. The van der Waals surface area contributed by atoms with E-state index in [9.17, 15) is 0 Å². The van der Waals surface area contributed by atoms with Crippen LogP contribution in [0.3, 0.4) is 0 Å². The van der Waals surface area contributed by atoms with Crippen molar-refractivity contribution in [2.24, 2.45) is 0 Å². The predicted octanol–water partition coefficient (Wildman–Crippen LogP) is 5.14. The second kappa shape index (κ2) is 3.89. The average Bonchev–Trinajstić information content (AvgIpc) is 3.29. The van der Waals surface area contributed by atoms with Gasteiger partial charge < -0.3 is 0 Å². The summed E-state index contributed by atoms with van der Waals surface area (Å²) in [6.07, 6.45) is 0. The van der Waals surface area contributed by atoms with Crippen LogP contribution < -0.4 is 0 Å². The zero-order chi connectivity index (χ0) is 13.1. The summed E-state index contributed by atoms with van der Waals surface area (Å²) in [6.45, 7) is 0. The number of thioether (sulfide) groups is 1. The molecule has 3 unspecified atom stereocenters. The Bertz CT molecular complexity index is 801. The van der Waals surface area contributed by atoms with E-state index in [-0.39, 0.29) is 0 Å². The van der Waals surface area contributed by atoms with Crippen molar-refractivity contribution >= 4 is 22.5 Å². The van der Waals surface area contributed by atoms with Crippen LogP contribution in [0.2, 0.25) is 0 Å². The Hall–Kier alpha value is -1.73. The Morgan fingerprint density at radius 1 is 0.700 bits per heavy atom. The van der Waals surface area contributed by atoms with Gasteiger partial charge in [0.05, 0.1) is 0 Å². The third kappa shape index (κ3) is 1.39. The van der Waals surface area contributed by atoms with Crippen LogP contribution in [-0.4, -0.2) is 5.25 Å². The van der Waals surface area contributed by atoms with Gasteiger partial charge in [-0.25, -0.2) is 0 Å². The van der Waals surface area contributed by atoms with Crippen LogP contribution in [0.1, 0.15) is 27.9 Å². The van der Waals surface area contributed by atoms with Gasteiger partial charge in [0.15, 0.2) is 0 Å². The minimum atomic E-state index is 0.560. The molecule has 1 heterocycles. The molecule has 3 atom stereocenters. The molecule has 0 N–H and O–H groups in total. The number of benzene rings is 3. The van der Waals surface area contributed by atoms with E-state index in [0.717, 1.165) is 5.25 Å². The Kier molecular flexibility index (Phi) is 2.14. The lowest BCUT2D eigenvalue weighted by Crippen LogP contribution is -2.13. The van der Waals surface area contributed by atoms with Crippen LogP contribution in [0.25, 0.3) is 10.8 Å². The Balaban J connectivity index is 1.83. The highest BCUT2D eigenvalue weighted by atomic mass is 32.2. The molecule has 1 aliphatic carbocycles. The molecule has 2 aliphatic rings. The molecule has 0 spiro atoms. The zero-order valence-electron chi connectivity index (χ0n) is 11.0. The van der Waals surface area contributed by atoms with E-state index in [4.69, 9.17) is 0 Å². The van der Waals surface area contributed by atoms with Gasteiger partial charge in [-0.2, -0.15) is 0 Å². The summed E-state index contributed by atoms with van der Waals surface area (Å²) in [5, 5.41) is 4.35. The highest BCUT2D eigenvalue weighted by Crippen LogP contribution is 2.66. The number of hydrogen-bond donors (Lipinski definition) is 0. The molecule has 1 fully saturated rings. The number of rotatable bonds is 1. The molecule has 0 saturated carbocycles. The van der Waals surface area contributed by atoms with Crippen molar-refractivity contribution in [1.82, 2.24) is 0 Å². The van der Waals surface area contributed by atoms with Crippen LogP contribution in [0.15, 0.2) is 66.7 Å². The van der Waals surface area contributed by atoms with Crippen LogP contribution in [0.4, 0.5) is 0 Å². The van der Waals surface area contributed by atoms with E-state index < -0.39 is 0 Å². The summed E-state index contributed by atoms with van der Waals surface area (Å²) in [5.74, 6) is 0.560. The molecule has 1 aliphatic heterocycles. The van der Waals surface area contributed by atoms with Crippen molar-refractivity contribution < 1.29 is 0 Å². The largest absolute Gasteiger partial charge is 0.147 e. The quantitative estimate of drug-likeness (QED) is 0.553. The van der Waals surface area contributed by atoms with Gasteiger partial charge >= 0.3 is 0 Å². The lowest BCUT2D eigenvalue weighted by molar-refractivity contribution is 0.780. The first-order valence-corrected chi connectivity index (χ1v) is 8.10. The maximum Gasteiger partial charge on any atom is 0.0435 e. The van der Waals surface area contributed by atoms with E-state index in [1.807, 2.05) is 0 Å². The molecule has 3 aromatic rings. The van der Waals surface area contributed by atoms with Gasteiger partial charge in [0.2, 0.25) is 0 Å². The first kappa shape index (κ1) is 11.0. The van der Waals surface area contributed by atoms with Crippen molar-refractivity contribution in [3.8, 4) is 0 Å². The van der Waals surface area contributed by atoms with Gasteiger partial charge in [0, 0.05) is 16.4 Å². The summed E-state index contributed by atoms with van der Waals surface area (Å²) in [5.41, 5.74) is 4.55. The molecule has 0 aromatic heterocycles. The van der Waals surface area contributed by atoms with Gasteiger partial charge in [-0.15, -0.1) is 11.8 Å². The highest BCUT2D eigenvalue weighted by molar-refractivity contribution is 8.07. The average molecular weight is 274 g/mol. The second-order valence-corrected chi connectivity index (χ2v) is 7.03. The molecule has 3 aromatic carbocycles. The molecule has 1 saturated heterocycles.